The van der Waals surface area contributed by atoms with Crippen molar-refractivity contribution in [2.24, 2.45) is 0 Å². The predicted octanol–water partition coefficient (Wildman–Crippen LogP) is 1.27. The molecule has 0 spiro atoms. The third-order valence-electron chi connectivity index (χ3n) is 2.31. The van der Waals surface area contributed by atoms with Gasteiger partial charge in [-0.05, 0) is 12.8 Å². The first-order valence-corrected chi connectivity index (χ1v) is 4.09. The summed E-state index contributed by atoms with van der Waals surface area (Å²) in [7, 11) is 0. The monoisotopic (exact) mass is 184 g/mol. The van der Waals surface area contributed by atoms with Gasteiger partial charge in [0.2, 0.25) is 5.78 Å². The number of halogens is 1. The van der Waals surface area contributed by atoms with Gasteiger partial charge in [-0.2, -0.15) is 4.98 Å². The fourth-order valence-corrected chi connectivity index (χ4v) is 1.15. The van der Waals surface area contributed by atoms with Crippen LogP contribution in [0.1, 0.15) is 36.3 Å². The summed E-state index contributed by atoms with van der Waals surface area (Å²) >= 11 is 0. The molecule has 70 valence electrons. The number of carbonyl (C=O) groups excluding carboxylic acids is 1. The van der Waals surface area contributed by atoms with Crippen LogP contribution in [-0.2, 0) is 5.41 Å². The van der Waals surface area contributed by atoms with E-state index in [1.54, 1.807) is 0 Å². The number of ketones is 1. The van der Waals surface area contributed by atoms with Crippen LogP contribution < -0.4 is 0 Å². The summed E-state index contributed by atoms with van der Waals surface area (Å²) in [4.78, 5) is 14.7. The summed E-state index contributed by atoms with van der Waals surface area (Å²) in [6.45, 7) is 0.857. The average Bonchev–Trinajstić information content (AvgIpc) is 2.75. The first-order valence-electron chi connectivity index (χ1n) is 4.09. The lowest BCUT2D eigenvalue weighted by molar-refractivity contribution is 0.0972. The van der Waals surface area contributed by atoms with Crippen molar-refractivity contribution in [1.29, 1.82) is 0 Å². The maximum Gasteiger partial charge on any atom is 0.293 e. The second-order valence-electron chi connectivity index (χ2n) is 3.39. The number of rotatable bonds is 3. The van der Waals surface area contributed by atoms with Crippen molar-refractivity contribution in [2.75, 3.05) is 6.67 Å². The van der Waals surface area contributed by atoms with Crippen molar-refractivity contribution in [3.8, 4) is 0 Å². The summed E-state index contributed by atoms with van der Waals surface area (Å²) in [5, 5.41) is 3.60. The van der Waals surface area contributed by atoms with Crippen LogP contribution in [0.2, 0.25) is 0 Å². The highest BCUT2D eigenvalue weighted by Gasteiger charge is 2.48. The molecule has 1 aromatic heterocycles. The van der Waals surface area contributed by atoms with Crippen molar-refractivity contribution in [3.05, 3.63) is 11.7 Å². The van der Waals surface area contributed by atoms with Crippen LogP contribution in [0.3, 0.4) is 0 Å². The van der Waals surface area contributed by atoms with Gasteiger partial charge in [-0.25, -0.2) is 4.39 Å². The second-order valence-corrected chi connectivity index (χ2v) is 3.39. The third-order valence-corrected chi connectivity index (χ3v) is 2.31. The molecule has 0 aliphatic heterocycles. The Kier molecular flexibility index (Phi) is 1.68. The van der Waals surface area contributed by atoms with Crippen molar-refractivity contribution in [1.82, 2.24) is 10.1 Å². The van der Waals surface area contributed by atoms with E-state index in [1.807, 2.05) is 0 Å². The normalized spacial score (nSPS) is 18.6. The molecule has 0 N–H and O–H groups in total. The Morgan fingerprint density at radius 1 is 1.69 bits per heavy atom. The lowest BCUT2D eigenvalue weighted by Crippen LogP contribution is -2.11. The minimum atomic E-state index is -0.544. The molecule has 0 bridgehead atoms. The highest BCUT2D eigenvalue weighted by atomic mass is 19.1. The van der Waals surface area contributed by atoms with Crippen molar-refractivity contribution < 1.29 is 13.7 Å². The Morgan fingerprint density at radius 2 is 2.38 bits per heavy atom. The van der Waals surface area contributed by atoms with Gasteiger partial charge in [0.15, 0.2) is 5.82 Å². The second kappa shape index (κ2) is 2.61. The summed E-state index contributed by atoms with van der Waals surface area (Å²) in [5.74, 6) is 0.0170. The zero-order valence-electron chi connectivity index (χ0n) is 7.21. The first kappa shape index (κ1) is 8.34. The molecule has 1 aliphatic rings. The Balaban J connectivity index is 2.28. The molecule has 1 aliphatic carbocycles. The maximum absolute atomic E-state index is 12.5. The fourth-order valence-electron chi connectivity index (χ4n) is 1.15. The van der Waals surface area contributed by atoms with E-state index in [9.17, 15) is 9.18 Å². The Labute approximate surface area is 74.1 Å². The van der Waals surface area contributed by atoms with Crippen LogP contribution in [0.25, 0.3) is 0 Å². The fraction of sp³-hybridized carbons (Fsp3) is 0.625. The molecule has 1 heterocycles. The molecule has 13 heavy (non-hydrogen) atoms. The summed E-state index contributed by atoms with van der Waals surface area (Å²) in [6, 6.07) is 0. The molecule has 0 amide bonds. The number of Topliss-reactive ketones (excluding diaryl/α,β-unsaturated/α-hetero) is 1. The molecule has 0 atom stereocenters. The molecule has 1 aromatic rings. The van der Waals surface area contributed by atoms with Crippen LogP contribution >= 0.6 is 0 Å². The predicted molar refractivity (Wildman–Crippen MR) is 41.2 cm³/mol. The van der Waals surface area contributed by atoms with E-state index in [0.29, 0.717) is 5.82 Å². The molecular formula is C8H9FN2O2. The van der Waals surface area contributed by atoms with E-state index < -0.39 is 12.1 Å². The highest BCUT2D eigenvalue weighted by molar-refractivity contribution is 5.89. The SMILES string of the molecule is CC(=O)c1nc(C2(CF)CC2)no1. The Hall–Kier alpha value is -1.26. The van der Waals surface area contributed by atoms with Gasteiger partial charge in [0.05, 0.1) is 5.41 Å². The maximum atomic E-state index is 12.5. The van der Waals surface area contributed by atoms with Gasteiger partial charge in [0, 0.05) is 6.92 Å². The van der Waals surface area contributed by atoms with Crippen LogP contribution in [0, 0.1) is 0 Å². The smallest absolute Gasteiger partial charge is 0.293 e. The molecule has 0 aromatic carbocycles. The van der Waals surface area contributed by atoms with E-state index in [0.717, 1.165) is 12.8 Å². The third kappa shape index (κ3) is 1.24. The molecular weight excluding hydrogens is 175 g/mol. The van der Waals surface area contributed by atoms with Crippen molar-refractivity contribution in [3.63, 3.8) is 0 Å². The number of hydrogen-bond acceptors (Lipinski definition) is 4. The van der Waals surface area contributed by atoms with E-state index in [2.05, 4.69) is 14.7 Å². The lowest BCUT2D eigenvalue weighted by atomic mass is 10.1. The number of carbonyl (C=O) groups is 1. The zero-order chi connectivity index (χ0) is 9.47. The van der Waals surface area contributed by atoms with Crippen molar-refractivity contribution >= 4 is 5.78 Å². The minimum Gasteiger partial charge on any atom is -0.331 e. The summed E-state index contributed by atoms with van der Waals surface area (Å²) in [5.41, 5.74) is -0.544. The number of nitrogens with zero attached hydrogens (tertiary/aromatic N) is 2. The van der Waals surface area contributed by atoms with Gasteiger partial charge >= 0.3 is 0 Å². The van der Waals surface area contributed by atoms with Crippen molar-refractivity contribution in [2.45, 2.75) is 25.2 Å². The Bertz CT molecular complexity index is 344. The summed E-state index contributed by atoms with van der Waals surface area (Å²) in [6.07, 6.45) is 1.47. The van der Waals surface area contributed by atoms with Crippen LogP contribution in [-0.4, -0.2) is 22.6 Å². The lowest BCUT2D eigenvalue weighted by Gasteiger charge is -2.00. The first-order chi connectivity index (χ1) is 6.18. The average molecular weight is 184 g/mol. The van der Waals surface area contributed by atoms with Gasteiger partial charge in [0.25, 0.3) is 5.89 Å². The topological polar surface area (TPSA) is 56.0 Å². The minimum absolute atomic E-state index is 0.0327. The van der Waals surface area contributed by atoms with E-state index in [4.69, 9.17) is 0 Å². The van der Waals surface area contributed by atoms with Gasteiger partial charge in [0.1, 0.15) is 6.67 Å². The number of alkyl halides is 1. The molecule has 0 saturated heterocycles. The number of hydrogen-bond donors (Lipinski definition) is 0. The molecule has 1 saturated carbocycles. The largest absolute Gasteiger partial charge is 0.331 e. The van der Waals surface area contributed by atoms with Gasteiger partial charge in [-0.3, -0.25) is 4.79 Å². The van der Waals surface area contributed by atoms with E-state index in [-0.39, 0.29) is 11.7 Å². The quantitative estimate of drug-likeness (QED) is 0.664. The van der Waals surface area contributed by atoms with Gasteiger partial charge in [-0.1, -0.05) is 5.16 Å². The summed E-state index contributed by atoms with van der Waals surface area (Å²) < 4.78 is 17.2. The molecule has 1 fully saturated rings. The van der Waals surface area contributed by atoms with Crippen LogP contribution in [0.5, 0.6) is 0 Å². The molecule has 0 unspecified atom stereocenters. The highest BCUT2D eigenvalue weighted by Crippen LogP contribution is 2.46. The Morgan fingerprint density at radius 3 is 2.77 bits per heavy atom. The molecule has 4 nitrogen and oxygen atoms in total. The van der Waals surface area contributed by atoms with Crippen LogP contribution in [0.15, 0.2) is 4.52 Å². The van der Waals surface area contributed by atoms with Gasteiger partial charge in [-0.15, -0.1) is 0 Å². The number of aromatic nitrogens is 2. The molecule has 0 radical (unpaired) electrons. The van der Waals surface area contributed by atoms with Gasteiger partial charge < -0.3 is 4.52 Å². The standard InChI is InChI=1S/C8H9FN2O2/c1-5(12)6-10-7(11-13-6)8(4-9)2-3-8/h2-4H2,1H3. The zero-order valence-corrected chi connectivity index (χ0v) is 7.21. The van der Waals surface area contributed by atoms with Crippen LogP contribution in [0.4, 0.5) is 4.39 Å². The van der Waals surface area contributed by atoms with E-state index in [1.165, 1.54) is 6.92 Å². The molecule has 5 heteroatoms. The molecule has 2 rings (SSSR count). The van der Waals surface area contributed by atoms with E-state index >= 15 is 0 Å².